The van der Waals surface area contributed by atoms with Crippen LogP contribution in [0.5, 0.6) is 5.75 Å². The maximum Gasteiger partial charge on any atom is 0.243 e. The first-order chi connectivity index (χ1) is 15.7. The summed E-state index contributed by atoms with van der Waals surface area (Å²) < 4.78 is 36.9. The number of rotatable bonds is 7. The molecule has 0 radical (unpaired) electrons. The highest BCUT2D eigenvalue weighted by Crippen LogP contribution is 2.33. The average molecular weight is 578 g/mol. The fourth-order valence-electron chi connectivity index (χ4n) is 4.19. The third-order valence-corrected chi connectivity index (χ3v) is 8.31. The third-order valence-electron chi connectivity index (χ3n) is 5.78. The maximum atomic E-state index is 13.3. The van der Waals surface area contributed by atoms with Gasteiger partial charge < -0.3 is 14.1 Å². The summed E-state index contributed by atoms with van der Waals surface area (Å²) in [6, 6.07) is 11.2. The highest BCUT2D eigenvalue weighted by atomic mass is 127. The van der Waals surface area contributed by atoms with Crippen LogP contribution in [-0.4, -0.2) is 42.8 Å². The molecule has 0 spiro atoms. The number of nitrogens with zero attached hydrogens (tertiary/aromatic N) is 2. The Balaban J connectivity index is 1.61. The van der Waals surface area contributed by atoms with Crippen LogP contribution >= 0.6 is 22.6 Å². The van der Waals surface area contributed by atoms with E-state index in [1.54, 1.807) is 18.2 Å². The van der Waals surface area contributed by atoms with Crippen molar-refractivity contribution in [1.29, 1.82) is 0 Å². The molecule has 0 saturated heterocycles. The molecule has 8 heteroatoms. The van der Waals surface area contributed by atoms with Gasteiger partial charge in [-0.1, -0.05) is 6.08 Å². The van der Waals surface area contributed by atoms with Gasteiger partial charge in [0.1, 0.15) is 12.0 Å². The predicted molar refractivity (Wildman–Crippen MR) is 139 cm³/mol. The summed E-state index contributed by atoms with van der Waals surface area (Å²) in [5.74, 6) is 0.700. The molecule has 3 aromatic rings. The molecule has 1 aromatic heterocycles. The highest BCUT2D eigenvalue weighted by Gasteiger charge is 2.28. The minimum Gasteiger partial charge on any atom is -0.491 e. The van der Waals surface area contributed by atoms with Crippen LogP contribution in [-0.2, 0) is 21.4 Å². The quantitative estimate of drug-likeness (QED) is 0.292. The SMILES string of the molecule is Cc1cc(S(=O)(=O)N2CC=C(c3cn(CC=O)c4ccc(I)cc34)CC2)ccc1OC(C)C. The van der Waals surface area contributed by atoms with Crippen molar-refractivity contribution >= 4 is 55.4 Å². The van der Waals surface area contributed by atoms with Crippen molar-refractivity contribution in [3.8, 4) is 5.75 Å². The van der Waals surface area contributed by atoms with E-state index in [0.717, 1.165) is 37.5 Å². The molecule has 0 saturated carbocycles. The van der Waals surface area contributed by atoms with E-state index in [0.29, 0.717) is 31.8 Å². The second-order valence-corrected chi connectivity index (χ2v) is 11.6. The summed E-state index contributed by atoms with van der Waals surface area (Å²) in [5.41, 5.74) is 3.98. The van der Waals surface area contributed by atoms with E-state index in [1.165, 1.54) is 4.31 Å². The number of hydrogen-bond acceptors (Lipinski definition) is 4. The molecule has 0 bridgehead atoms. The largest absolute Gasteiger partial charge is 0.491 e. The van der Waals surface area contributed by atoms with Gasteiger partial charge in [0, 0.05) is 39.3 Å². The summed E-state index contributed by atoms with van der Waals surface area (Å²) >= 11 is 2.28. The van der Waals surface area contributed by atoms with Crippen LogP contribution in [0.25, 0.3) is 16.5 Å². The first-order valence-electron chi connectivity index (χ1n) is 10.9. The summed E-state index contributed by atoms with van der Waals surface area (Å²) in [6.45, 7) is 6.76. The zero-order valence-corrected chi connectivity index (χ0v) is 21.9. The molecule has 1 aliphatic rings. The number of halogens is 1. The van der Waals surface area contributed by atoms with Crippen molar-refractivity contribution in [1.82, 2.24) is 8.87 Å². The molecule has 1 aliphatic heterocycles. The molecule has 0 atom stereocenters. The molecule has 4 rings (SSSR count). The zero-order chi connectivity index (χ0) is 23.8. The lowest BCUT2D eigenvalue weighted by molar-refractivity contribution is -0.108. The molecular weight excluding hydrogens is 551 g/mol. The van der Waals surface area contributed by atoms with E-state index in [9.17, 15) is 13.2 Å². The van der Waals surface area contributed by atoms with E-state index in [2.05, 4.69) is 28.7 Å². The smallest absolute Gasteiger partial charge is 0.243 e. The number of aldehydes is 1. The molecule has 0 N–H and O–H groups in total. The number of carbonyl (C=O) groups excluding carboxylic acids is 1. The molecular formula is C25H27IN2O4S. The molecule has 0 fully saturated rings. The number of benzene rings is 2. The summed E-state index contributed by atoms with van der Waals surface area (Å²) in [4.78, 5) is 11.4. The Bertz CT molecular complexity index is 1340. The lowest BCUT2D eigenvalue weighted by atomic mass is 10.00. The van der Waals surface area contributed by atoms with Gasteiger partial charge in [0.15, 0.2) is 0 Å². The van der Waals surface area contributed by atoms with Gasteiger partial charge in [-0.05, 0) is 97.3 Å². The van der Waals surface area contributed by atoms with Gasteiger partial charge >= 0.3 is 0 Å². The Labute approximate surface area is 208 Å². The lowest BCUT2D eigenvalue weighted by Crippen LogP contribution is -2.34. The maximum absolute atomic E-state index is 13.3. The zero-order valence-electron chi connectivity index (χ0n) is 18.9. The lowest BCUT2D eigenvalue weighted by Gasteiger charge is -2.26. The molecule has 33 heavy (non-hydrogen) atoms. The van der Waals surface area contributed by atoms with Crippen molar-refractivity contribution in [2.45, 2.75) is 44.7 Å². The number of aryl methyl sites for hydroxylation is 1. The van der Waals surface area contributed by atoms with E-state index < -0.39 is 10.0 Å². The second kappa shape index (κ2) is 9.60. The van der Waals surface area contributed by atoms with Gasteiger partial charge in [0.2, 0.25) is 10.0 Å². The summed E-state index contributed by atoms with van der Waals surface area (Å²) in [5, 5.41) is 1.09. The second-order valence-electron chi connectivity index (χ2n) is 8.46. The minimum absolute atomic E-state index is 0.0255. The number of carbonyl (C=O) groups is 1. The minimum atomic E-state index is -3.61. The van der Waals surface area contributed by atoms with Crippen LogP contribution in [0.1, 0.15) is 31.4 Å². The number of hydrogen-bond donors (Lipinski definition) is 0. The number of aromatic nitrogens is 1. The highest BCUT2D eigenvalue weighted by molar-refractivity contribution is 14.1. The normalized spacial score (nSPS) is 15.1. The first kappa shape index (κ1) is 24.0. The van der Waals surface area contributed by atoms with Crippen LogP contribution < -0.4 is 4.74 Å². The summed E-state index contributed by atoms with van der Waals surface area (Å²) in [6.07, 6.45) is 5.52. The fourth-order valence-corrected chi connectivity index (χ4v) is 6.15. The van der Waals surface area contributed by atoms with Gasteiger partial charge in [0.25, 0.3) is 0 Å². The van der Waals surface area contributed by atoms with Crippen molar-refractivity contribution in [2.24, 2.45) is 0 Å². The van der Waals surface area contributed by atoms with E-state index in [4.69, 9.17) is 4.74 Å². The Hall–Kier alpha value is -2.17. The number of sulfonamides is 1. The van der Waals surface area contributed by atoms with E-state index >= 15 is 0 Å². The van der Waals surface area contributed by atoms with Gasteiger partial charge in [-0.3, -0.25) is 0 Å². The molecule has 6 nitrogen and oxygen atoms in total. The predicted octanol–water partition coefficient (Wildman–Crippen LogP) is 5.02. The number of fused-ring (bicyclic) bond motifs is 1. The van der Waals surface area contributed by atoms with Crippen LogP contribution in [0, 0.1) is 10.5 Å². The summed E-state index contributed by atoms with van der Waals surface area (Å²) in [7, 11) is -3.61. The van der Waals surface area contributed by atoms with Gasteiger partial charge in [0.05, 0.1) is 17.5 Å². The van der Waals surface area contributed by atoms with Crippen molar-refractivity contribution in [3.63, 3.8) is 0 Å². The third kappa shape index (κ3) is 4.88. The van der Waals surface area contributed by atoms with E-state index in [-0.39, 0.29) is 11.0 Å². The first-order valence-corrected chi connectivity index (χ1v) is 13.4. The molecule has 2 heterocycles. The van der Waals surface area contributed by atoms with Crippen LogP contribution in [0.3, 0.4) is 0 Å². The van der Waals surface area contributed by atoms with Crippen LogP contribution in [0.4, 0.5) is 0 Å². The Morgan fingerprint density at radius 2 is 1.97 bits per heavy atom. The molecule has 0 amide bonds. The van der Waals surface area contributed by atoms with Gasteiger partial charge in [-0.25, -0.2) is 8.42 Å². The van der Waals surface area contributed by atoms with Gasteiger partial charge in [-0.2, -0.15) is 4.31 Å². The fraction of sp³-hybridized carbons (Fsp3) is 0.320. The van der Waals surface area contributed by atoms with Crippen molar-refractivity contribution in [3.05, 3.63) is 63.4 Å². The average Bonchev–Trinajstić information content (AvgIpc) is 3.12. The van der Waals surface area contributed by atoms with Crippen LogP contribution in [0.15, 0.2) is 53.6 Å². The number of ether oxygens (including phenoxy) is 1. The molecule has 0 unspecified atom stereocenters. The Kier molecular flexibility index (Phi) is 6.97. The van der Waals surface area contributed by atoms with E-state index in [1.807, 2.05) is 49.7 Å². The molecule has 174 valence electrons. The standard InChI is InChI=1S/C25H27IN2O4S/c1-17(2)32-25-7-5-21(14-18(25)3)33(30,31)28-10-8-19(9-11-28)23-16-27(12-13-29)24-6-4-20(26)15-22(23)24/h4-8,13-17H,9-12H2,1-3H3. The van der Waals surface area contributed by atoms with Gasteiger partial charge in [-0.15, -0.1) is 0 Å². The van der Waals surface area contributed by atoms with Crippen molar-refractivity contribution in [2.75, 3.05) is 13.1 Å². The Morgan fingerprint density at radius 3 is 2.61 bits per heavy atom. The van der Waals surface area contributed by atoms with Crippen LogP contribution in [0.2, 0.25) is 0 Å². The molecule has 0 aliphatic carbocycles. The topological polar surface area (TPSA) is 68.6 Å². The molecule has 2 aromatic carbocycles. The monoisotopic (exact) mass is 578 g/mol. The van der Waals surface area contributed by atoms with Crippen molar-refractivity contribution < 1.29 is 17.9 Å². The Morgan fingerprint density at radius 1 is 1.18 bits per heavy atom.